The largest absolute Gasteiger partial charge is 0.360 e. The molecule has 0 aliphatic rings. The first kappa shape index (κ1) is 17.0. The van der Waals surface area contributed by atoms with Gasteiger partial charge < -0.3 is 10.2 Å². The summed E-state index contributed by atoms with van der Waals surface area (Å²) in [5.41, 5.74) is 2.65. The quantitative estimate of drug-likeness (QED) is 0.909. The van der Waals surface area contributed by atoms with E-state index < -0.39 is 0 Å². The molecule has 1 heterocycles. The lowest BCUT2D eigenvalue weighted by Crippen LogP contribution is -2.35. The summed E-state index contributed by atoms with van der Waals surface area (Å²) in [6.45, 7) is 17.2. The number of anilines is 1. The van der Waals surface area contributed by atoms with Gasteiger partial charge in [-0.3, -0.25) is 0 Å². The Hall–Kier alpha value is -1.09. The minimum absolute atomic E-state index is 0.0705. The second kappa shape index (κ2) is 6.13. The molecular formula is C17H31N3. The Morgan fingerprint density at radius 1 is 1.10 bits per heavy atom. The summed E-state index contributed by atoms with van der Waals surface area (Å²) in [5, 5.41) is 3.55. The van der Waals surface area contributed by atoms with E-state index in [2.05, 4.69) is 77.9 Å². The maximum atomic E-state index is 4.82. The summed E-state index contributed by atoms with van der Waals surface area (Å²) in [7, 11) is 2.09. The average Bonchev–Trinajstić information content (AvgIpc) is 2.33. The van der Waals surface area contributed by atoms with Gasteiger partial charge in [-0.2, -0.15) is 0 Å². The van der Waals surface area contributed by atoms with Crippen molar-refractivity contribution < 1.29 is 0 Å². The summed E-state index contributed by atoms with van der Waals surface area (Å²) in [5.74, 6) is 1.06. The molecule has 1 N–H and O–H groups in total. The zero-order valence-corrected chi connectivity index (χ0v) is 14.5. The van der Waals surface area contributed by atoms with Crippen molar-refractivity contribution in [2.24, 2.45) is 0 Å². The van der Waals surface area contributed by atoms with Crippen LogP contribution in [0.2, 0.25) is 0 Å². The molecule has 0 aliphatic carbocycles. The second-order valence-corrected chi connectivity index (χ2v) is 7.59. The number of nitrogens with zero attached hydrogens (tertiary/aromatic N) is 2. The first-order valence-electron chi connectivity index (χ1n) is 7.50. The molecule has 0 atom stereocenters. The van der Waals surface area contributed by atoms with Crippen molar-refractivity contribution >= 4 is 5.82 Å². The van der Waals surface area contributed by atoms with Crippen molar-refractivity contribution in [3.05, 3.63) is 23.4 Å². The van der Waals surface area contributed by atoms with Gasteiger partial charge in [0, 0.05) is 36.8 Å². The molecule has 0 aromatic carbocycles. The molecule has 0 bridgehead atoms. The summed E-state index contributed by atoms with van der Waals surface area (Å²) in [6.07, 6.45) is 0. The lowest BCUT2D eigenvalue weighted by molar-refractivity contribution is 0.423. The maximum absolute atomic E-state index is 4.82. The highest BCUT2D eigenvalue weighted by atomic mass is 15.2. The van der Waals surface area contributed by atoms with E-state index in [4.69, 9.17) is 4.98 Å². The molecule has 0 radical (unpaired) electrons. The fraction of sp³-hybridized carbons (Fsp3) is 0.706. The molecule has 3 heteroatoms. The highest BCUT2D eigenvalue weighted by molar-refractivity contribution is 5.43. The Balaban J connectivity index is 3.10. The second-order valence-electron chi connectivity index (χ2n) is 7.59. The first-order chi connectivity index (χ1) is 9.03. The van der Waals surface area contributed by atoms with Gasteiger partial charge in [-0.25, -0.2) is 4.98 Å². The van der Waals surface area contributed by atoms with Crippen molar-refractivity contribution in [2.45, 2.75) is 66.0 Å². The number of rotatable bonds is 4. The molecule has 1 aromatic rings. The van der Waals surface area contributed by atoms with Crippen LogP contribution in [0.15, 0.2) is 12.1 Å². The molecule has 0 saturated carbocycles. The molecule has 0 unspecified atom stereocenters. The van der Waals surface area contributed by atoms with Crippen molar-refractivity contribution in [2.75, 3.05) is 18.5 Å². The summed E-state index contributed by atoms with van der Waals surface area (Å²) in [4.78, 5) is 7.01. The number of aromatic nitrogens is 1. The summed E-state index contributed by atoms with van der Waals surface area (Å²) >= 11 is 0. The minimum Gasteiger partial charge on any atom is -0.360 e. The van der Waals surface area contributed by atoms with Crippen molar-refractivity contribution in [3.63, 3.8) is 0 Å². The molecule has 0 saturated heterocycles. The van der Waals surface area contributed by atoms with E-state index in [0.29, 0.717) is 0 Å². The molecule has 114 valence electrons. The van der Waals surface area contributed by atoms with Crippen LogP contribution in [-0.2, 0) is 12.0 Å². The molecule has 0 aliphatic heterocycles. The topological polar surface area (TPSA) is 28.2 Å². The number of pyridine rings is 1. The SMILES string of the molecule is CCN(C)c1cc(CNC(C)(C)C)cc(C(C)(C)C)n1. The monoisotopic (exact) mass is 277 g/mol. The molecule has 20 heavy (non-hydrogen) atoms. The van der Waals surface area contributed by atoms with Crippen LogP contribution >= 0.6 is 0 Å². The molecule has 1 aromatic heterocycles. The first-order valence-corrected chi connectivity index (χ1v) is 7.50. The van der Waals surface area contributed by atoms with E-state index in [-0.39, 0.29) is 11.0 Å². The van der Waals surface area contributed by atoms with Gasteiger partial charge in [-0.05, 0) is 45.4 Å². The highest BCUT2D eigenvalue weighted by Crippen LogP contribution is 2.24. The van der Waals surface area contributed by atoms with E-state index in [1.54, 1.807) is 0 Å². The molecular weight excluding hydrogens is 246 g/mol. The maximum Gasteiger partial charge on any atom is 0.128 e. The van der Waals surface area contributed by atoms with Crippen LogP contribution in [0.25, 0.3) is 0 Å². The van der Waals surface area contributed by atoms with Crippen molar-refractivity contribution in [1.82, 2.24) is 10.3 Å². The van der Waals surface area contributed by atoms with Gasteiger partial charge >= 0.3 is 0 Å². The Kier molecular flexibility index (Phi) is 5.20. The van der Waals surface area contributed by atoms with Gasteiger partial charge in [0.05, 0.1) is 0 Å². The van der Waals surface area contributed by atoms with Crippen LogP contribution in [0.3, 0.4) is 0 Å². The van der Waals surface area contributed by atoms with E-state index in [1.165, 1.54) is 5.56 Å². The van der Waals surface area contributed by atoms with Gasteiger partial charge in [-0.1, -0.05) is 20.8 Å². The predicted molar refractivity (Wildman–Crippen MR) is 88.5 cm³/mol. The Labute approximate surface area is 124 Å². The fourth-order valence-electron chi connectivity index (χ4n) is 1.78. The van der Waals surface area contributed by atoms with E-state index in [1.807, 2.05) is 0 Å². The number of hydrogen-bond acceptors (Lipinski definition) is 3. The van der Waals surface area contributed by atoms with Gasteiger partial charge in [-0.15, -0.1) is 0 Å². The Morgan fingerprint density at radius 3 is 2.15 bits per heavy atom. The Bertz CT molecular complexity index is 439. The lowest BCUT2D eigenvalue weighted by atomic mass is 9.90. The Morgan fingerprint density at radius 2 is 1.70 bits per heavy atom. The molecule has 0 fully saturated rings. The fourth-order valence-corrected chi connectivity index (χ4v) is 1.78. The third-order valence-electron chi connectivity index (χ3n) is 3.33. The van der Waals surface area contributed by atoms with Gasteiger partial charge in [0.15, 0.2) is 0 Å². The van der Waals surface area contributed by atoms with Crippen LogP contribution in [-0.4, -0.2) is 24.1 Å². The normalized spacial score (nSPS) is 12.6. The lowest BCUT2D eigenvalue weighted by Gasteiger charge is -2.25. The van der Waals surface area contributed by atoms with Gasteiger partial charge in [0.2, 0.25) is 0 Å². The zero-order valence-electron chi connectivity index (χ0n) is 14.5. The molecule has 0 amide bonds. The molecule has 3 nitrogen and oxygen atoms in total. The van der Waals surface area contributed by atoms with Crippen LogP contribution in [0.1, 0.15) is 59.7 Å². The van der Waals surface area contributed by atoms with Gasteiger partial charge in [0.1, 0.15) is 5.82 Å². The van der Waals surface area contributed by atoms with E-state index >= 15 is 0 Å². The van der Waals surface area contributed by atoms with Gasteiger partial charge in [0.25, 0.3) is 0 Å². The molecule has 1 rings (SSSR count). The average molecular weight is 277 g/mol. The third kappa shape index (κ3) is 5.12. The standard InChI is InChI=1S/C17H31N3/c1-9-20(8)15-11-13(12-18-17(5,6)7)10-14(19-15)16(2,3)4/h10-11,18H,9,12H2,1-8H3. The van der Waals surface area contributed by atoms with Crippen LogP contribution in [0, 0.1) is 0 Å². The number of hydrogen-bond donors (Lipinski definition) is 1. The van der Waals surface area contributed by atoms with Crippen molar-refractivity contribution in [1.29, 1.82) is 0 Å². The van der Waals surface area contributed by atoms with E-state index in [0.717, 1.165) is 24.6 Å². The molecule has 0 spiro atoms. The van der Waals surface area contributed by atoms with Crippen molar-refractivity contribution in [3.8, 4) is 0 Å². The summed E-state index contributed by atoms with van der Waals surface area (Å²) < 4.78 is 0. The highest BCUT2D eigenvalue weighted by Gasteiger charge is 2.18. The van der Waals surface area contributed by atoms with Crippen LogP contribution in [0.5, 0.6) is 0 Å². The third-order valence-corrected chi connectivity index (χ3v) is 3.33. The number of nitrogens with one attached hydrogen (secondary N) is 1. The zero-order chi connectivity index (χ0) is 15.6. The van der Waals surface area contributed by atoms with Crippen LogP contribution < -0.4 is 10.2 Å². The predicted octanol–water partition coefficient (Wildman–Crippen LogP) is 3.72. The minimum atomic E-state index is 0.0705. The smallest absolute Gasteiger partial charge is 0.128 e. The van der Waals surface area contributed by atoms with E-state index in [9.17, 15) is 0 Å². The van der Waals surface area contributed by atoms with Crippen LogP contribution in [0.4, 0.5) is 5.82 Å². The summed E-state index contributed by atoms with van der Waals surface area (Å²) in [6, 6.07) is 4.42.